The summed E-state index contributed by atoms with van der Waals surface area (Å²) < 4.78 is 2.10. The number of likely N-dealkylation sites (tertiary alicyclic amines) is 1. The fourth-order valence-electron chi connectivity index (χ4n) is 2.70. The molecule has 1 aliphatic heterocycles. The molecule has 1 aromatic heterocycles. The van der Waals surface area contributed by atoms with Gasteiger partial charge < -0.3 is 4.90 Å². The third-order valence-corrected chi connectivity index (χ3v) is 3.79. The molecule has 1 aliphatic rings. The lowest BCUT2D eigenvalue weighted by Crippen LogP contribution is -2.34. The standard InChI is InChI=1S/C16H25N3/c1-5-15-11-17-19(12-15)16-6-8-18(9-7-16)14(4)10-13(2)3/h5,11-13,16H,1,4,6-10H2,2-3H3. The van der Waals surface area contributed by atoms with Crippen LogP contribution in [0.2, 0.25) is 0 Å². The van der Waals surface area contributed by atoms with Gasteiger partial charge in [0.15, 0.2) is 0 Å². The number of hydrogen-bond acceptors (Lipinski definition) is 2. The molecule has 2 heterocycles. The minimum atomic E-state index is 0.525. The molecule has 1 saturated heterocycles. The van der Waals surface area contributed by atoms with Crippen LogP contribution in [-0.4, -0.2) is 27.8 Å². The van der Waals surface area contributed by atoms with E-state index >= 15 is 0 Å². The smallest absolute Gasteiger partial charge is 0.0562 e. The van der Waals surface area contributed by atoms with E-state index in [0.29, 0.717) is 12.0 Å². The average molecular weight is 259 g/mol. The van der Waals surface area contributed by atoms with Crippen LogP contribution in [0.5, 0.6) is 0 Å². The van der Waals surface area contributed by atoms with Crippen LogP contribution in [0.15, 0.2) is 31.2 Å². The number of hydrogen-bond donors (Lipinski definition) is 0. The van der Waals surface area contributed by atoms with Crippen molar-refractivity contribution in [3.05, 3.63) is 36.8 Å². The molecule has 3 nitrogen and oxygen atoms in total. The highest BCUT2D eigenvalue weighted by molar-refractivity contribution is 5.43. The van der Waals surface area contributed by atoms with Crippen molar-refractivity contribution >= 4 is 6.08 Å². The molecule has 0 spiro atoms. The maximum absolute atomic E-state index is 4.43. The Morgan fingerprint density at radius 2 is 2.16 bits per heavy atom. The molecule has 0 aliphatic carbocycles. The highest BCUT2D eigenvalue weighted by Gasteiger charge is 2.21. The van der Waals surface area contributed by atoms with E-state index in [1.807, 2.05) is 12.3 Å². The molecular formula is C16H25N3. The third kappa shape index (κ3) is 3.49. The molecule has 2 rings (SSSR count). The average Bonchev–Trinajstić information content (AvgIpc) is 2.87. The molecule has 1 fully saturated rings. The van der Waals surface area contributed by atoms with Gasteiger partial charge in [-0.1, -0.05) is 33.1 Å². The van der Waals surface area contributed by atoms with Gasteiger partial charge in [-0.05, 0) is 25.2 Å². The van der Waals surface area contributed by atoms with Crippen molar-refractivity contribution in [3.63, 3.8) is 0 Å². The Balaban J connectivity index is 1.88. The topological polar surface area (TPSA) is 21.1 Å². The summed E-state index contributed by atoms with van der Waals surface area (Å²) in [4.78, 5) is 2.44. The summed E-state index contributed by atoms with van der Waals surface area (Å²) in [6, 6.07) is 0.525. The second kappa shape index (κ2) is 6.09. The quantitative estimate of drug-likeness (QED) is 0.803. The normalized spacial score (nSPS) is 16.9. The van der Waals surface area contributed by atoms with Crippen LogP contribution in [0.3, 0.4) is 0 Å². The number of rotatable bonds is 5. The van der Waals surface area contributed by atoms with E-state index in [2.05, 4.69) is 47.9 Å². The number of nitrogens with zero attached hydrogens (tertiary/aromatic N) is 3. The Morgan fingerprint density at radius 1 is 1.47 bits per heavy atom. The summed E-state index contributed by atoms with van der Waals surface area (Å²) in [6.07, 6.45) is 9.23. The van der Waals surface area contributed by atoms with E-state index in [1.54, 1.807) is 0 Å². The van der Waals surface area contributed by atoms with Gasteiger partial charge in [-0.25, -0.2) is 0 Å². The van der Waals surface area contributed by atoms with Crippen molar-refractivity contribution in [2.75, 3.05) is 13.1 Å². The summed E-state index contributed by atoms with van der Waals surface area (Å²) in [5, 5.41) is 4.43. The molecule has 0 N–H and O–H groups in total. The van der Waals surface area contributed by atoms with Crippen LogP contribution in [0.25, 0.3) is 6.08 Å². The van der Waals surface area contributed by atoms with Crippen molar-refractivity contribution in [3.8, 4) is 0 Å². The van der Waals surface area contributed by atoms with E-state index in [0.717, 1.165) is 37.9 Å². The lowest BCUT2D eigenvalue weighted by Gasteiger charge is -2.35. The van der Waals surface area contributed by atoms with Crippen LogP contribution in [-0.2, 0) is 0 Å². The molecule has 3 heteroatoms. The second-order valence-corrected chi connectivity index (χ2v) is 5.84. The molecule has 0 amide bonds. The van der Waals surface area contributed by atoms with Gasteiger partial charge in [0.05, 0.1) is 12.2 Å². The lowest BCUT2D eigenvalue weighted by molar-refractivity contribution is 0.211. The lowest BCUT2D eigenvalue weighted by atomic mass is 10.0. The largest absolute Gasteiger partial charge is 0.375 e. The van der Waals surface area contributed by atoms with Crippen LogP contribution in [0.1, 0.15) is 44.7 Å². The zero-order valence-electron chi connectivity index (χ0n) is 12.2. The Kier molecular flexibility index (Phi) is 4.46. The number of allylic oxidation sites excluding steroid dienone is 1. The highest BCUT2D eigenvalue weighted by atomic mass is 15.3. The van der Waals surface area contributed by atoms with Crippen LogP contribution < -0.4 is 0 Å². The summed E-state index contributed by atoms with van der Waals surface area (Å²) >= 11 is 0. The second-order valence-electron chi connectivity index (χ2n) is 5.84. The molecular weight excluding hydrogens is 234 g/mol. The van der Waals surface area contributed by atoms with Gasteiger partial charge in [0.25, 0.3) is 0 Å². The molecule has 0 radical (unpaired) electrons. The minimum Gasteiger partial charge on any atom is -0.375 e. The van der Waals surface area contributed by atoms with Crippen molar-refractivity contribution < 1.29 is 0 Å². The van der Waals surface area contributed by atoms with Crippen molar-refractivity contribution in [1.82, 2.24) is 14.7 Å². The van der Waals surface area contributed by atoms with E-state index in [4.69, 9.17) is 0 Å². The van der Waals surface area contributed by atoms with Gasteiger partial charge in [0.2, 0.25) is 0 Å². The fourth-order valence-corrected chi connectivity index (χ4v) is 2.70. The Bertz CT molecular complexity index is 437. The van der Waals surface area contributed by atoms with E-state index < -0.39 is 0 Å². The van der Waals surface area contributed by atoms with E-state index in [1.165, 1.54) is 5.70 Å². The Labute approximate surface area is 116 Å². The summed E-state index contributed by atoms with van der Waals surface area (Å²) in [6.45, 7) is 14.7. The third-order valence-electron chi connectivity index (χ3n) is 3.79. The molecule has 0 bridgehead atoms. The zero-order chi connectivity index (χ0) is 13.8. The van der Waals surface area contributed by atoms with Crippen LogP contribution in [0.4, 0.5) is 0 Å². The van der Waals surface area contributed by atoms with E-state index in [-0.39, 0.29) is 0 Å². The first-order valence-electron chi connectivity index (χ1n) is 7.19. The van der Waals surface area contributed by atoms with Crippen LogP contribution >= 0.6 is 0 Å². The SMILES string of the molecule is C=Cc1cnn(C2CCN(C(=C)CC(C)C)CC2)c1. The minimum absolute atomic E-state index is 0.525. The molecule has 0 atom stereocenters. The predicted octanol–water partition coefficient (Wildman–Crippen LogP) is 3.72. The van der Waals surface area contributed by atoms with Gasteiger partial charge in [0, 0.05) is 30.5 Å². The molecule has 19 heavy (non-hydrogen) atoms. The summed E-state index contributed by atoms with van der Waals surface area (Å²) in [5.74, 6) is 0.687. The van der Waals surface area contributed by atoms with Crippen molar-refractivity contribution in [2.45, 2.75) is 39.2 Å². The van der Waals surface area contributed by atoms with Gasteiger partial charge in [-0.2, -0.15) is 5.10 Å². The molecule has 0 aromatic carbocycles. The maximum atomic E-state index is 4.43. The van der Waals surface area contributed by atoms with Crippen molar-refractivity contribution in [1.29, 1.82) is 0 Å². The van der Waals surface area contributed by atoms with E-state index in [9.17, 15) is 0 Å². The Hall–Kier alpha value is -1.51. The van der Waals surface area contributed by atoms with Gasteiger partial charge in [0.1, 0.15) is 0 Å². The van der Waals surface area contributed by atoms with Crippen LogP contribution in [0, 0.1) is 5.92 Å². The number of piperidine rings is 1. The summed E-state index contributed by atoms with van der Waals surface area (Å²) in [7, 11) is 0. The van der Waals surface area contributed by atoms with Crippen molar-refractivity contribution in [2.24, 2.45) is 5.92 Å². The summed E-state index contributed by atoms with van der Waals surface area (Å²) in [5.41, 5.74) is 2.40. The maximum Gasteiger partial charge on any atom is 0.0562 e. The number of aromatic nitrogens is 2. The van der Waals surface area contributed by atoms with Gasteiger partial charge in [-0.15, -0.1) is 0 Å². The molecule has 1 aromatic rings. The first-order chi connectivity index (χ1) is 9.10. The predicted molar refractivity (Wildman–Crippen MR) is 80.8 cm³/mol. The molecule has 0 unspecified atom stereocenters. The Morgan fingerprint density at radius 3 is 2.68 bits per heavy atom. The monoisotopic (exact) mass is 259 g/mol. The first kappa shape index (κ1) is 13.9. The van der Waals surface area contributed by atoms with Gasteiger partial charge in [-0.3, -0.25) is 4.68 Å². The zero-order valence-corrected chi connectivity index (χ0v) is 12.2. The molecule has 104 valence electrons. The van der Waals surface area contributed by atoms with Gasteiger partial charge >= 0.3 is 0 Å². The first-order valence-corrected chi connectivity index (χ1v) is 7.19. The highest BCUT2D eigenvalue weighted by Crippen LogP contribution is 2.26. The molecule has 0 saturated carbocycles. The fraction of sp³-hybridized carbons (Fsp3) is 0.562.